The number of ether oxygens (including phenoxy) is 2. The van der Waals surface area contributed by atoms with Gasteiger partial charge in [0, 0.05) is 64.8 Å². The summed E-state index contributed by atoms with van der Waals surface area (Å²) in [7, 11) is 3.49. The van der Waals surface area contributed by atoms with Gasteiger partial charge >= 0.3 is 0 Å². The molecule has 0 aliphatic heterocycles. The van der Waals surface area contributed by atoms with Crippen LogP contribution < -0.4 is 15.4 Å². The van der Waals surface area contributed by atoms with Crippen LogP contribution in [0.4, 0.5) is 0 Å². The topological polar surface area (TPSA) is 72.7 Å². The predicted molar refractivity (Wildman–Crippen MR) is 113 cm³/mol. The summed E-state index contributed by atoms with van der Waals surface area (Å²) in [6, 6.07) is 8.21. The van der Waals surface area contributed by atoms with E-state index in [0.717, 1.165) is 36.8 Å². The van der Waals surface area contributed by atoms with Gasteiger partial charge in [-0.2, -0.15) is 5.10 Å². The molecule has 0 saturated heterocycles. The molecule has 1 aromatic heterocycles. The molecule has 0 spiro atoms. The minimum atomic E-state index is 0.428. The maximum absolute atomic E-state index is 5.95. The SMILES string of the molecule is CN=C(NCc1ccc(C)cc1OCCCOC)NCC(C)Cn1cccn1. The molecule has 0 bridgehead atoms. The van der Waals surface area contributed by atoms with Crippen LogP contribution >= 0.6 is 0 Å². The molecular formula is C21H33N5O2. The molecule has 1 heterocycles. The molecule has 7 heteroatoms. The number of benzene rings is 1. The number of aliphatic imine (C=N–C) groups is 1. The van der Waals surface area contributed by atoms with Crippen LogP contribution in [0.15, 0.2) is 41.7 Å². The summed E-state index contributed by atoms with van der Waals surface area (Å²) in [4.78, 5) is 4.32. The first kappa shape index (κ1) is 21.8. The lowest BCUT2D eigenvalue weighted by atomic mass is 10.1. The molecule has 1 aromatic carbocycles. The van der Waals surface area contributed by atoms with Gasteiger partial charge in [-0.25, -0.2) is 0 Å². The van der Waals surface area contributed by atoms with Crippen molar-refractivity contribution >= 4 is 5.96 Å². The summed E-state index contributed by atoms with van der Waals surface area (Å²) in [5, 5.41) is 11.0. The van der Waals surface area contributed by atoms with E-state index in [-0.39, 0.29) is 0 Å². The summed E-state index contributed by atoms with van der Waals surface area (Å²) in [6.45, 7) is 7.93. The van der Waals surface area contributed by atoms with Gasteiger partial charge < -0.3 is 20.1 Å². The van der Waals surface area contributed by atoms with Crippen LogP contribution in [0.3, 0.4) is 0 Å². The van der Waals surface area contributed by atoms with Gasteiger partial charge in [-0.15, -0.1) is 0 Å². The van der Waals surface area contributed by atoms with E-state index in [1.165, 1.54) is 5.56 Å². The normalized spacial score (nSPS) is 12.6. The standard InChI is InChI=1S/C21H33N5O2/c1-17-7-8-19(20(13-17)28-12-6-11-27-4)15-24-21(22-3)23-14-18(2)16-26-10-5-9-25-26/h5,7-10,13,18H,6,11-12,14-16H2,1-4H3,(H2,22,23,24). The number of rotatable bonds is 11. The molecule has 154 valence electrons. The highest BCUT2D eigenvalue weighted by Gasteiger charge is 2.08. The van der Waals surface area contributed by atoms with Gasteiger partial charge in [0.1, 0.15) is 5.75 Å². The predicted octanol–water partition coefficient (Wildman–Crippen LogP) is 2.61. The Balaban J connectivity index is 1.83. The first-order valence-corrected chi connectivity index (χ1v) is 9.75. The van der Waals surface area contributed by atoms with Crippen molar-refractivity contribution in [3.8, 4) is 5.75 Å². The molecule has 1 unspecified atom stereocenters. The fourth-order valence-corrected chi connectivity index (χ4v) is 2.79. The Hall–Kier alpha value is -2.54. The van der Waals surface area contributed by atoms with Crippen molar-refractivity contribution in [1.29, 1.82) is 0 Å². The van der Waals surface area contributed by atoms with E-state index in [9.17, 15) is 0 Å². The van der Waals surface area contributed by atoms with Crippen molar-refractivity contribution in [3.05, 3.63) is 47.8 Å². The third-order valence-electron chi connectivity index (χ3n) is 4.32. The Labute approximate surface area is 168 Å². The number of methoxy groups -OCH3 is 1. The first-order chi connectivity index (χ1) is 13.6. The number of hydrogen-bond acceptors (Lipinski definition) is 4. The highest BCUT2D eigenvalue weighted by Crippen LogP contribution is 2.20. The third kappa shape index (κ3) is 7.60. The molecule has 1 atom stereocenters. The minimum absolute atomic E-state index is 0.428. The lowest BCUT2D eigenvalue weighted by Crippen LogP contribution is -2.39. The lowest BCUT2D eigenvalue weighted by Gasteiger charge is -2.17. The van der Waals surface area contributed by atoms with Crippen molar-refractivity contribution < 1.29 is 9.47 Å². The number of aromatic nitrogens is 2. The summed E-state index contributed by atoms with van der Waals surface area (Å²) >= 11 is 0. The molecule has 0 saturated carbocycles. The van der Waals surface area contributed by atoms with Crippen molar-refractivity contribution in [2.45, 2.75) is 33.4 Å². The number of hydrogen-bond donors (Lipinski definition) is 2. The van der Waals surface area contributed by atoms with Crippen LogP contribution in [0.25, 0.3) is 0 Å². The van der Waals surface area contributed by atoms with E-state index >= 15 is 0 Å². The molecule has 2 aromatic rings. The number of nitrogens with one attached hydrogen (secondary N) is 2. The van der Waals surface area contributed by atoms with Crippen molar-refractivity contribution in [2.75, 3.05) is 33.9 Å². The van der Waals surface area contributed by atoms with E-state index in [1.807, 2.05) is 16.9 Å². The minimum Gasteiger partial charge on any atom is -0.493 e. The zero-order chi connectivity index (χ0) is 20.2. The molecule has 2 rings (SSSR count). The van der Waals surface area contributed by atoms with Crippen molar-refractivity contribution in [1.82, 2.24) is 20.4 Å². The average molecular weight is 388 g/mol. The van der Waals surface area contributed by atoms with Gasteiger partial charge in [0.15, 0.2) is 5.96 Å². The van der Waals surface area contributed by atoms with Crippen LogP contribution in [-0.4, -0.2) is 49.7 Å². The fraction of sp³-hybridized carbons (Fsp3) is 0.524. The van der Waals surface area contributed by atoms with E-state index in [4.69, 9.17) is 9.47 Å². The maximum atomic E-state index is 5.95. The number of nitrogens with zero attached hydrogens (tertiary/aromatic N) is 3. The molecule has 0 fully saturated rings. The van der Waals surface area contributed by atoms with Crippen molar-refractivity contribution in [3.63, 3.8) is 0 Å². The van der Waals surface area contributed by atoms with E-state index < -0.39 is 0 Å². The third-order valence-corrected chi connectivity index (χ3v) is 4.32. The van der Waals surface area contributed by atoms with E-state index in [2.05, 4.69) is 52.8 Å². The summed E-state index contributed by atoms with van der Waals surface area (Å²) in [6.07, 6.45) is 4.65. The monoisotopic (exact) mass is 387 g/mol. The highest BCUT2D eigenvalue weighted by atomic mass is 16.5. The second kappa shape index (κ2) is 12.0. The summed E-state index contributed by atoms with van der Waals surface area (Å²) in [5.74, 6) is 2.11. The molecule has 0 aliphatic rings. The Morgan fingerprint density at radius 3 is 2.86 bits per heavy atom. The Bertz CT molecular complexity index is 716. The number of guanidine groups is 1. The molecule has 2 N–H and O–H groups in total. The maximum Gasteiger partial charge on any atom is 0.191 e. The fourth-order valence-electron chi connectivity index (χ4n) is 2.79. The van der Waals surface area contributed by atoms with Crippen LogP contribution in [-0.2, 0) is 17.8 Å². The van der Waals surface area contributed by atoms with Crippen molar-refractivity contribution in [2.24, 2.45) is 10.9 Å². The Morgan fingerprint density at radius 2 is 2.14 bits per heavy atom. The van der Waals surface area contributed by atoms with Crippen LogP contribution in [0.1, 0.15) is 24.5 Å². The molecular weight excluding hydrogens is 354 g/mol. The molecule has 7 nitrogen and oxygen atoms in total. The van der Waals surface area contributed by atoms with E-state index in [1.54, 1.807) is 20.4 Å². The van der Waals surface area contributed by atoms with Gasteiger partial charge in [-0.05, 0) is 30.5 Å². The second-order valence-corrected chi connectivity index (χ2v) is 6.95. The van der Waals surface area contributed by atoms with Crippen LogP contribution in [0, 0.1) is 12.8 Å². The Morgan fingerprint density at radius 1 is 1.29 bits per heavy atom. The lowest BCUT2D eigenvalue weighted by molar-refractivity contribution is 0.171. The molecule has 0 aliphatic carbocycles. The summed E-state index contributed by atoms with van der Waals surface area (Å²) in [5.41, 5.74) is 2.29. The van der Waals surface area contributed by atoms with Crippen LogP contribution in [0.5, 0.6) is 5.75 Å². The van der Waals surface area contributed by atoms with Gasteiger partial charge in [-0.1, -0.05) is 19.1 Å². The Kier molecular flexibility index (Phi) is 9.34. The smallest absolute Gasteiger partial charge is 0.191 e. The van der Waals surface area contributed by atoms with Gasteiger partial charge in [0.25, 0.3) is 0 Å². The zero-order valence-electron chi connectivity index (χ0n) is 17.4. The highest BCUT2D eigenvalue weighted by molar-refractivity contribution is 5.79. The van der Waals surface area contributed by atoms with E-state index in [0.29, 0.717) is 25.7 Å². The first-order valence-electron chi connectivity index (χ1n) is 9.75. The van der Waals surface area contributed by atoms with Gasteiger partial charge in [0.05, 0.1) is 6.61 Å². The quantitative estimate of drug-likeness (QED) is 0.352. The number of aryl methyl sites for hydroxylation is 1. The second-order valence-electron chi connectivity index (χ2n) is 6.95. The average Bonchev–Trinajstić information content (AvgIpc) is 3.19. The zero-order valence-corrected chi connectivity index (χ0v) is 17.4. The van der Waals surface area contributed by atoms with Crippen LogP contribution in [0.2, 0.25) is 0 Å². The van der Waals surface area contributed by atoms with Gasteiger partial charge in [-0.3, -0.25) is 9.67 Å². The van der Waals surface area contributed by atoms with Gasteiger partial charge in [0.2, 0.25) is 0 Å². The largest absolute Gasteiger partial charge is 0.493 e. The summed E-state index contributed by atoms with van der Waals surface area (Å²) < 4.78 is 13.0. The molecule has 28 heavy (non-hydrogen) atoms. The molecule has 0 amide bonds. The molecule has 0 radical (unpaired) electrons.